The SMILES string of the molecule is CC(=O)CC(=O)OCCN1CCN(c2ccc(F)cc2)CC1. The molecule has 0 spiro atoms. The van der Waals surface area contributed by atoms with Crippen molar-refractivity contribution >= 4 is 17.4 Å². The van der Waals surface area contributed by atoms with Crippen molar-refractivity contribution in [3.63, 3.8) is 0 Å². The Balaban J connectivity index is 1.68. The molecule has 0 unspecified atom stereocenters. The number of anilines is 1. The van der Waals surface area contributed by atoms with Gasteiger partial charge in [-0.05, 0) is 31.2 Å². The third-order valence-corrected chi connectivity index (χ3v) is 3.63. The molecule has 0 N–H and O–H groups in total. The topological polar surface area (TPSA) is 49.9 Å². The number of ether oxygens (including phenoxy) is 1. The highest BCUT2D eigenvalue weighted by molar-refractivity contribution is 5.94. The molecule has 1 aliphatic heterocycles. The Morgan fingerprint density at radius 2 is 1.77 bits per heavy atom. The van der Waals surface area contributed by atoms with Crippen LogP contribution in [0.15, 0.2) is 24.3 Å². The normalized spacial score (nSPS) is 15.6. The van der Waals surface area contributed by atoms with E-state index in [4.69, 9.17) is 4.74 Å². The van der Waals surface area contributed by atoms with Gasteiger partial charge in [0.2, 0.25) is 0 Å². The van der Waals surface area contributed by atoms with E-state index in [0.29, 0.717) is 13.2 Å². The van der Waals surface area contributed by atoms with E-state index >= 15 is 0 Å². The Kier molecular flexibility index (Phi) is 5.89. The van der Waals surface area contributed by atoms with E-state index in [9.17, 15) is 14.0 Å². The van der Waals surface area contributed by atoms with E-state index in [0.717, 1.165) is 31.9 Å². The van der Waals surface area contributed by atoms with Crippen molar-refractivity contribution in [1.82, 2.24) is 4.90 Å². The lowest BCUT2D eigenvalue weighted by atomic mass is 10.2. The number of piperazine rings is 1. The number of ketones is 1. The van der Waals surface area contributed by atoms with Crippen LogP contribution in [-0.2, 0) is 14.3 Å². The van der Waals surface area contributed by atoms with Gasteiger partial charge in [-0.25, -0.2) is 4.39 Å². The van der Waals surface area contributed by atoms with Crippen molar-refractivity contribution in [2.75, 3.05) is 44.2 Å². The molecule has 0 aromatic heterocycles. The van der Waals surface area contributed by atoms with E-state index in [1.54, 1.807) is 12.1 Å². The van der Waals surface area contributed by atoms with Crippen LogP contribution in [0.25, 0.3) is 0 Å². The number of hydrogen-bond donors (Lipinski definition) is 0. The van der Waals surface area contributed by atoms with Crippen LogP contribution < -0.4 is 4.90 Å². The number of rotatable bonds is 6. The van der Waals surface area contributed by atoms with Crippen molar-refractivity contribution in [1.29, 1.82) is 0 Å². The summed E-state index contributed by atoms with van der Waals surface area (Å²) in [7, 11) is 0. The fraction of sp³-hybridized carbons (Fsp3) is 0.500. The van der Waals surface area contributed by atoms with Gasteiger partial charge < -0.3 is 9.64 Å². The van der Waals surface area contributed by atoms with Gasteiger partial charge in [0.15, 0.2) is 0 Å². The molecule has 22 heavy (non-hydrogen) atoms. The van der Waals surface area contributed by atoms with E-state index < -0.39 is 5.97 Å². The zero-order valence-electron chi connectivity index (χ0n) is 12.8. The van der Waals surface area contributed by atoms with Crippen molar-refractivity contribution in [3.8, 4) is 0 Å². The van der Waals surface area contributed by atoms with Crippen LogP contribution in [0.1, 0.15) is 13.3 Å². The summed E-state index contributed by atoms with van der Waals surface area (Å²) in [6.07, 6.45) is -0.154. The Bertz CT molecular complexity index is 511. The number of carbonyl (C=O) groups excluding carboxylic acids is 2. The average molecular weight is 308 g/mol. The largest absolute Gasteiger partial charge is 0.464 e. The van der Waals surface area contributed by atoms with Crippen molar-refractivity contribution in [2.45, 2.75) is 13.3 Å². The van der Waals surface area contributed by atoms with Crippen molar-refractivity contribution in [2.24, 2.45) is 0 Å². The molecular formula is C16H21FN2O3. The second-order valence-corrected chi connectivity index (χ2v) is 5.40. The lowest BCUT2D eigenvalue weighted by molar-refractivity contribution is -0.146. The molecule has 1 aromatic rings. The van der Waals surface area contributed by atoms with Crippen LogP contribution in [0.2, 0.25) is 0 Å². The molecule has 0 saturated carbocycles. The summed E-state index contributed by atoms with van der Waals surface area (Å²) in [4.78, 5) is 26.4. The molecule has 6 heteroatoms. The van der Waals surface area contributed by atoms with Gasteiger partial charge in [-0.2, -0.15) is 0 Å². The quantitative estimate of drug-likeness (QED) is 0.588. The molecule has 0 amide bonds. The summed E-state index contributed by atoms with van der Waals surface area (Å²) >= 11 is 0. The van der Waals surface area contributed by atoms with Gasteiger partial charge in [0, 0.05) is 38.4 Å². The maximum Gasteiger partial charge on any atom is 0.313 e. The van der Waals surface area contributed by atoms with Gasteiger partial charge in [-0.3, -0.25) is 14.5 Å². The van der Waals surface area contributed by atoms with Crippen LogP contribution in [-0.4, -0.2) is 56.0 Å². The molecule has 0 bridgehead atoms. The summed E-state index contributed by atoms with van der Waals surface area (Å²) in [5.41, 5.74) is 1.02. The molecule has 120 valence electrons. The van der Waals surface area contributed by atoms with Crippen LogP contribution in [0.4, 0.5) is 10.1 Å². The van der Waals surface area contributed by atoms with Gasteiger partial charge in [0.05, 0.1) is 0 Å². The zero-order valence-corrected chi connectivity index (χ0v) is 12.8. The predicted molar refractivity (Wildman–Crippen MR) is 81.3 cm³/mol. The first-order valence-corrected chi connectivity index (χ1v) is 7.42. The first kappa shape index (κ1) is 16.4. The highest BCUT2D eigenvalue weighted by Gasteiger charge is 2.17. The standard InChI is InChI=1S/C16H21FN2O3/c1-13(20)12-16(21)22-11-10-18-6-8-19(9-7-18)15-4-2-14(17)3-5-15/h2-5H,6-12H2,1H3. The molecular weight excluding hydrogens is 287 g/mol. The highest BCUT2D eigenvalue weighted by Crippen LogP contribution is 2.16. The predicted octanol–water partition coefficient (Wildman–Crippen LogP) is 1.47. The molecule has 1 fully saturated rings. The number of esters is 1. The Labute approximate surface area is 129 Å². The molecule has 1 heterocycles. The maximum atomic E-state index is 12.9. The number of halogens is 1. The number of hydrogen-bond acceptors (Lipinski definition) is 5. The molecule has 5 nitrogen and oxygen atoms in total. The third-order valence-electron chi connectivity index (χ3n) is 3.63. The first-order chi connectivity index (χ1) is 10.5. The second-order valence-electron chi connectivity index (χ2n) is 5.40. The summed E-state index contributed by atoms with van der Waals surface area (Å²) in [5.74, 6) is -0.870. The van der Waals surface area contributed by atoms with Crippen LogP contribution in [0.3, 0.4) is 0 Å². The van der Waals surface area contributed by atoms with Gasteiger partial charge in [0.25, 0.3) is 0 Å². The minimum absolute atomic E-state index is 0.154. The summed E-state index contributed by atoms with van der Waals surface area (Å²) in [6.45, 7) is 5.78. The fourth-order valence-corrected chi connectivity index (χ4v) is 2.42. The lowest BCUT2D eigenvalue weighted by Gasteiger charge is -2.35. The maximum absolute atomic E-state index is 12.9. The fourth-order valence-electron chi connectivity index (χ4n) is 2.42. The minimum atomic E-state index is -0.461. The molecule has 0 atom stereocenters. The third kappa shape index (κ3) is 5.11. The Hall–Kier alpha value is -1.95. The van der Waals surface area contributed by atoms with E-state index in [-0.39, 0.29) is 18.0 Å². The number of nitrogens with zero attached hydrogens (tertiary/aromatic N) is 2. The molecule has 0 radical (unpaired) electrons. The average Bonchev–Trinajstić information content (AvgIpc) is 2.48. The minimum Gasteiger partial charge on any atom is -0.464 e. The number of carbonyl (C=O) groups is 2. The smallest absolute Gasteiger partial charge is 0.313 e. The molecule has 0 aliphatic carbocycles. The number of Topliss-reactive ketones (excluding diaryl/α,β-unsaturated/α-hetero) is 1. The summed E-state index contributed by atoms with van der Waals surface area (Å²) in [6, 6.07) is 6.51. The van der Waals surface area contributed by atoms with E-state index in [2.05, 4.69) is 9.80 Å². The van der Waals surface area contributed by atoms with Crippen molar-refractivity contribution < 1.29 is 18.7 Å². The van der Waals surface area contributed by atoms with Crippen LogP contribution in [0.5, 0.6) is 0 Å². The molecule has 1 aromatic carbocycles. The monoisotopic (exact) mass is 308 g/mol. The molecule has 1 saturated heterocycles. The number of benzene rings is 1. The summed E-state index contributed by atoms with van der Waals surface area (Å²) < 4.78 is 17.9. The molecule has 2 rings (SSSR count). The van der Waals surface area contributed by atoms with Crippen LogP contribution in [0, 0.1) is 5.82 Å². The highest BCUT2D eigenvalue weighted by atomic mass is 19.1. The Morgan fingerprint density at radius 1 is 1.14 bits per heavy atom. The van der Waals surface area contributed by atoms with Gasteiger partial charge in [-0.1, -0.05) is 0 Å². The molecule has 1 aliphatic rings. The first-order valence-electron chi connectivity index (χ1n) is 7.42. The van der Waals surface area contributed by atoms with Gasteiger partial charge in [-0.15, -0.1) is 0 Å². The second kappa shape index (κ2) is 7.89. The summed E-state index contributed by atoms with van der Waals surface area (Å²) in [5, 5.41) is 0. The lowest BCUT2D eigenvalue weighted by Crippen LogP contribution is -2.47. The van der Waals surface area contributed by atoms with Crippen molar-refractivity contribution in [3.05, 3.63) is 30.1 Å². The van der Waals surface area contributed by atoms with E-state index in [1.807, 2.05) is 0 Å². The van der Waals surface area contributed by atoms with E-state index in [1.165, 1.54) is 19.1 Å². The zero-order chi connectivity index (χ0) is 15.9. The van der Waals surface area contributed by atoms with Gasteiger partial charge >= 0.3 is 5.97 Å². The van der Waals surface area contributed by atoms with Gasteiger partial charge in [0.1, 0.15) is 24.6 Å². The van der Waals surface area contributed by atoms with Crippen LogP contribution >= 0.6 is 0 Å². The Morgan fingerprint density at radius 3 is 2.36 bits per heavy atom.